The van der Waals surface area contributed by atoms with E-state index in [1.807, 2.05) is 13.8 Å². The Hall–Kier alpha value is -1.82. The molecule has 6 heteroatoms. The minimum Gasteiger partial charge on any atom is -0.388 e. The first-order valence-electron chi connectivity index (χ1n) is 6.01. The molecule has 19 heavy (non-hydrogen) atoms. The molecule has 0 saturated carbocycles. The molecule has 0 fully saturated rings. The van der Waals surface area contributed by atoms with Crippen LogP contribution >= 0.6 is 0 Å². The number of nitrogens with zero attached hydrogens (tertiary/aromatic N) is 3. The normalized spacial score (nSPS) is 11.3. The lowest BCUT2D eigenvalue weighted by atomic mass is 10.1. The Bertz CT molecular complexity index is 581. The first kappa shape index (κ1) is 13.6. The predicted molar refractivity (Wildman–Crippen MR) is 66.1 cm³/mol. The zero-order chi connectivity index (χ0) is 14.0. The number of hydrogen-bond acceptors (Lipinski definition) is 3. The van der Waals surface area contributed by atoms with Gasteiger partial charge in [-0.3, -0.25) is 0 Å². The monoisotopic (exact) mass is 267 g/mol. The number of rotatable bonds is 4. The fourth-order valence-electron chi connectivity index (χ4n) is 1.88. The summed E-state index contributed by atoms with van der Waals surface area (Å²) >= 11 is 0. The molecule has 1 aromatic heterocycles. The van der Waals surface area contributed by atoms with Crippen LogP contribution in [-0.2, 0) is 13.2 Å². The smallest absolute Gasteiger partial charge is 0.167 e. The van der Waals surface area contributed by atoms with Gasteiger partial charge in [0.1, 0.15) is 18.2 Å². The lowest BCUT2D eigenvalue weighted by molar-refractivity contribution is 0.262. The summed E-state index contributed by atoms with van der Waals surface area (Å²) in [5, 5.41) is 16.9. The molecule has 2 rings (SSSR count). The van der Waals surface area contributed by atoms with Gasteiger partial charge < -0.3 is 9.67 Å². The van der Waals surface area contributed by atoms with Gasteiger partial charge in [0.25, 0.3) is 0 Å². The van der Waals surface area contributed by atoms with E-state index in [0.29, 0.717) is 18.2 Å². The molecule has 0 saturated heterocycles. The zero-order valence-corrected chi connectivity index (χ0v) is 10.8. The summed E-state index contributed by atoms with van der Waals surface area (Å²) in [5.74, 6) is -0.383. The second kappa shape index (κ2) is 5.44. The number of halogens is 2. The molecule has 4 nitrogen and oxygen atoms in total. The minimum absolute atomic E-state index is 0.175. The first-order valence-corrected chi connectivity index (χ1v) is 6.01. The molecule has 0 spiro atoms. The Kier molecular flexibility index (Phi) is 3.90. The highest BCUT2D eigenvalue weighted by molar-refractivity contribution is 5.56. The Morgan fingerprint density at radius 2 is 2.00 bits per heavy atom. The molecule has 0 aliphatic heterocycles. The van der Waals surface area contributed by atoms with E-state index in [4.69, 9.17) is 0 Å². The Morgan fingerprint density at radius 3 is 2.58 bits per heavy atom. The summed E-state index contributed by atoms with van der Waals surface area (Å²) in [7, 11) is 0. The van der Waals surface area contributed by atoms with Gasteiger partial charge in [0.15, 0.2) is 11.6 Å². The van der Waals surface area contributed by atoms with Crippen molar-refractivity contribution in [2.75, 3.05) is 0 Å². The average molecular weight is 267 g/mol. The van der Waals surface area contributed by atoms with Crippen molar-refractivity contribution in [3.05, 3.63) is 35.7 Å². The first-order chi connectivity index (χ1) is 9.02. The van der Waals surface area contributed by atoms with Crippen LogP contribution in [0.1, 0.15) is 19.7 Å². The van der Waals surface area contributed by atoms with E-state index in [2.05, 4.69) is 10.2 Å². The largest absolute Gasteiger partial charge is 0.388 e. The molecule has 1 heterocycles. The van der Waals surface area contributed by atoms with Crippen LogP contribution in [0.15, 0.2) is 18.2 Å². The highest BCUT2D eigenvalue weighted by atomic mass is 19.1. The molecule has 0 amide bonds. The van der Waals surface area contributed by atoms with E-state index in [1.54, 1.807) is 4.57 Å². The van der Waals surface area contributed by atoms with Crippen molar-refractivity contribution in [1.29, 1.82) is 0 Å². The molecule has 1 aromatic carbocycles. The molecule has 2 aromatic rings. The van der Waals surface area contributed by atoms with E-state index in [1.165, 1.54) is 12.1 Å². The van der Waals surface area contributed by atoms with E-state index in [0.717, 1.165) is 6.07 Å². The van der Waals surface area contributed by atoms with Crippen molar-refractivity contribution in [1.82, 2.24) is 14.8 Å². The van der Waals surface area contributed by atoms with Crippen molar-refractivity contribution in [3.8, 4) is 11.4 Å². The molecule has 0 atom stereocenters. The maximum absolute atomic E-state index is 13.8. The topological polar surface area (TPSA) is 50.9 Å². The summed E-state index contributed by atoms with van der Waals surface area (Å²) in [4.78, 5) is 0. The standard InChI is InChI=1S/C13H15F2N3O/c1-8(2)6-18-12(7-19)16-17-13(18)10-4-3-9(14)5-11(10)15/h3-5,8,19H,6-7H2,1-2H3. The van der Waals surface area contributed by atoms with Crippen molar-refractivity contribution in [3.63, 3.8) is 0 Å². The van der Waals surface area contributed by atoms with Crippen molar-refractivity contribution < 1.29 is 13.9 Å². The molecular weight excluding hydrogens is 252 g/mol. The lowest BCUT2D eigenvalue weighted by Gasteiger charge is -2.12. The van der Waals surface area contributed by atoms with Crippen LogP contribution in [0, 0.1) is 17.6 Å². The van der Waals surface area contributed by atoms with Crippen molar-refractivity contribution in [2.24, 2.45) is 5.92 Å². The summed E-state index contributed by atoms with van der Waals surface area (Å²) in [6.07, 6.45) is 0. The second-order valence-corrected chi connectivity index (χ2v) is 4.73. The van der Waals surface area contributed by atoms with Gasteiger partial charge in [-0.25, -0.2) is 8.78 Å². The third-order valence-electron chi connectivity index (χ3n) is 2.69. The van der Waals surface area contributed by atoms with Gasteiger partial charge in [0.2, 0.25) is 0 Å². The van der Waals surface area contributed by atoms with E-state index < -0.39 is 11.6 Å². The van der Waals surface area contributed by atoms with E-state index >= 15 is 0 Å². The third kappa shape index (κ3) is 2.78. The van der Waals surface area contributed by atoms with Crippen LogP contribution < -0.4 is 0 Å². The van der Waals surface area contributed by atoms with Crippen LogP contribution in [0.3, 0.4) is 0 Å². The van der Waals surface area contributed by atoms with Gasteiger partial charge in [-0.2, -0.15) is 0 Å². The molecule has 0 radical (unpaired) electrons. The van der Waals surface area contributed by atoms with Crippen molar-refractivity contribution >= 4 is 0 Å². The molecule has 102 valence electrons. The van der Waals surface area contributed by atoms with Gasteiger partial charge in [-0.15, -0.1) is 10.2 Å². The molecule has 0 aliphatic carbocycles. The number of hydrogen-bond donors (Lipinski definition) is 1. The fourth-order valence-corrected chi connectivity index (χ4v) is 1.88. The SMILES string of the molecule is CC(C)Cn1c(CO)nnc1-c1ccc(F)cc1F. The highest BCUT2D eigenvalue weighted by Gasteiger charge is 2.17. The number of benzene rings is 1. The van der Waals surface area contributed by atoms with Crippen LogP contribution in [0.2, 0.25) is 0 Å². The van der Waals surface area contributed by atoms with Crippen LogP contribution in [0.4, 0.5) is 8.78 Å². The Balaban J connectivity index is 2.52. The van der Waals surface area contributed by atoms with Gasteiger partial charge in [-0.05, 0) is 18.1 Å². The summed E-state index contributed by atoms with van der Waals surface area (Å²) < 4.78 is 28.4. The predicted octanol–water partition coefficient (Wildman–Crippen LogP) is 2.37. The van der Waals surface area contributed by atoms with Gasteiger partial charge >= 0.3 is 0 Å². The van der Waals surface area contributed by atoms with Crippen molar-refractivity contribution in [2.45, 2.75) is 27.0 Å². The van der Waals surface area contributed by atoms with E-state index in [9.17, 15) is 13.9 Å². The molecule has 1 N–H and O–H groups in total. The van der Waals surface area contributed by atoms with Crippen LogP contribution in [-0.4, -0.2) is 19.9 Å². The van der Waals surface area contributed by atoms with Gasteiger partial charge in [-0.1, -0.05) is 13.8 Å². The lowest BCUT2D eigenvalue weighted by Crippen LogP contribution is -2.10. The summed E-state index contributed by atoms with van der Waals surface area (Å²) in [6, 6.07) is 3.31. The minimum atomic E-state index is -0.693. The molecule has 0 aliphatic rings. The maximum atomic E-state index is 13.8. The quantitative estimate of drug-likeness (QED) is 0.925. The molecule has 0 bridgehead atoms. The maximum Gasteiger partial charge on any atom is 0.167 e. The molecule has 0 unspecified atom stereocenters. The van der Waals surface area contributed by atoms with E-state index in [-0.39, 0.29) is 18.1 Å². The summed E-state index contributed by atoms with van der Waals surface area (Å²) in [6.45, 7) is 4.26. The Morgan fingerprint density at radius 1 is 1.26 bits per heavy atom. The zero-order valence-electron chi connectivity index (χ0n) is 10.8. The molecular formula is C13H15F2N3O. The number of aliphatic hydroxyl groups is 1. The number of aromatic nitrogens is 3. The highest BCUT2D eigenvalue weighted by Crippen LogP contribution is 2.23. The number of aliphatic hydroxyl groups excluding tert-OH is 1. The fraction of sp³-hybridized carbons (Fsp3) is 0.385. The average Bonchev–Trinajstić information content (AvgIpc) is 2.71. The van der Waals surface area contributed by atoms with Crippen LogP contribution in [0.5, 0.6) is 0 Å². The Labute approximate surface area is 109 Å². The third-order valence-corrected chi connectivity index (χ3v) is 2.69. The van der Waals surface area contributed by atoms with Gasteiger partial charge in [0, 0.05) is 12.6 Å². The summed E-state index contributed by atoms with van der Waals surface area (Å²) in [5.41, 5.74) is 0.175. The van der Waals surface area contributed by atoms with Gasteiger partial charge in [0.05, 0.1) is 5.56 Å². The second-order valence-electron chi connectivity index (χ2n) is 4.73. The van der Waals surface area contributed by atoms with Crippen LogP contribution in [0.25, 0.3) is 11.4 Å².